The maximum absolute atomic E-state index is 13.8. The maximum Gasteiger partial charge on any atom is 0.264 e. The molecule has 0 aromatic heterocycles. The van der Waals surface area contributed by atoms with E-state index in [-0.39, 0.29) is 28.1 Å². The van der Waals surface area contributed by atoms with Gasteiger partial charge in [0.2, 0.25) is 11.8 Å². The number of halogens is 2. The van der Waals surface area contributed by atoms with Gasteiger partial charge in [0.05, 0.1) is 15.6 Å². The lowest BCUT2D eigenvalue weighted by Crippen LogP contribution is -2.51. The normalized spacial score (nSPS) is 12.0. The van der Waals surface area contributed by atoms with Crippen LogP contribution in [0.3, 0.4) is 0 Å². The summed E-state index contributed by atoms with van der Waals surface area (Å²) in [7, 11) is -4.20. The Morgan fingerprint density at radius 2 is 1.63 bits per heavy atom. The summed E-state index contributed by atoms with van der Waals surface area (Å²) < 4.78 is 28.5. The summed E-state index contributed by atoms with van der Waals surface area (Å²) >= 11 is 12.5. The monoisotopic (exact) mass is 575 g/mol. The summed E-state index contributed by atoms with van der Waals surface area (Å²) in [6.07, 6.45) is 0.739. The second kappa shape index (κ2) is 13.1. The van der Waals surface area contributed by atoms with E-state index in [0.717, 1.165) is 21.9 Å². The second-order valence-electron chi connectivity index (χ2n) is 8.89. The minimum atomic E-state index is -4.20. The van der Waals surface area contributed by atoms with Gasteiger partial charge in [0, 0.05) is 18.1 Å². The van der Waals surface area contributed by atoms with E-state index in [2.05, 4.69) is 5.32 Å². The standard InChI is InChI=1S/C28H31Cl2N3O4S/c1-4-16-31-28(35)21(3)32(18-22-12-10-20(2)11-13-22)27(34)19-33(26-15-14-23(29)17-25(26)30)38(36,37)24-8-6-5-7-9-24/h5-15,17,21H,4,16,18-19H2,1-3H3,(H,31,35)/t21-/m1/s1. The Balaban J connectivity index is 2.03. The van der Waals surface area contributed by atoms with Gasteiger partial charge in [-0.1, -0.05) is 78.2 Å². The summed E-state index contributed by atoms with van der Waals surface area (Å²) in [5.74, 6) is -0.885. The lowest BCUT2D eigenvalue weighted by Gasteiger charge is -2.32. The largest absolute Gasteiger partial charge is 0.354 e. The van der Waals surface area contributed by atoms with Crippen molar-refractivity contribution in [3.8, 4) is 0 Å². The fourth-order valence-electron chi connectivity index (χ4n) is 3.79. The van der Waals surface area contributed by atoms with Crippen molar-refractivity contribution in [3.63, 3.8) is 0 Å². The van der Waals surface area contributed by atoms with Gasteiger partial charge in [0.15, 0.2) is 0 Å². The van der Waals surface area contributed by atoms with Crippen molar-refractivity contribution in [1.82, 2.24) is 10.2 Å². The third-order valence-electron chi connectivity index (χ3n) is 5.98. The summed E-state index contributed by atoms with van der Waals surface area (Å²) in [6.45, 7) is 5.52. The lowest BCUT2D eigenvalue weighted by atomic mass is 10.1. The predicted molar refractivity (Wildman–Crippen MR) is 152 cm³/mol. The molecule has 0 heterocycles. The van der Waals surface area contributed by atoms with Crippen LogP contribution in [-0.2, 0) is 26.2 Å². The van der Waals surface area contributed by atoms with Crippen molar-refractivity contribution < 1.29 is 18.0 Å². The molecule has 202 valence electrons. The Morgan fingerprint density at radius 3 is 2.24 bits per heavy atom. The second-order valence-corrected chi connectivity index (χ2v) is 11.6. The molecule has 3 aromatic rings. The number of carbonyl (C=O) groups is 2. The Kier molecular flexibility index (Phi) is 10.2. The fraction of sp³-hybridized carbons (Fsp3) is 0.286. The fourth-order valence-corrected chi connectivity index (χ4v) is 5.80. The molecule has 7 nitrogen and oxygen atoms in total. The van der Waals surface area contributed by atoms with Gasteiger partial charge < -0.3 is 10.2 Å². The molecule has 1 N–H and O–H groups in total. The van der Waals surface area contributed by atoms with Crippen molar-refractivity contribution in [2.75, 3.05) is 17.4 Å². The number of nitrogens with one attached hydrogen (secondary N) is 1. The van der Waals surface area contributed by atoms with Gasteiger partial charge in [0.25, 0.3) is 10.0 Å². The Bertz CT molecular complexity index is 1370. The topological polar surface area (TPSA) is 86.8 Å². The first-order valence-electron chi connectivity index (χ1n) is 12.2. The molecule has 1 atom stereocenters. The van der Waals surface area contributed by atoms with Crippen LogP contribution in [0.4, 0.5) is 5.69 Å². The number of nitrogens with zero attached hydrogens (tertiary/aromatic N) is 2. The number of aryl methyl sites for hydroxylation is 1. The minimum Gasteiger partial charge on any atom is -0.354 e. The molecule has 0 unspecified atom stereocenters. The molecule has 10 heteroatoms. The van der Waals surface area contributed by atoms with Crippen molar-refractivity contribution >= 4 is 50.7 Å². The summed E-state index contributed by atoms with van der Waals surface area (Å²) in [6, 6.07) is 18.9. The molecule has 0 saturated heterocycles. The highest BCUT2D eigenvalue weighted by Crippen LogP contribution is 2.33. The predicted octanol–water partition coefficient (Wildman–Crippen LogP) is 5.44. The number of sulfonamides is 1. The molecular weight excluding hydrogens is 545 g/mol. The highest BCUT2D eigenvalue weighted by Gasteiger charge is 2.33. The number of benzene rings is 3. The number of anilines is 1. The summed E-state index contributed by atoms with van der Waals surface area (Å²) in [5.41, 5.74) is 1.96. The molecule has 0 bridgehead atoms. The van der Waals surface area contributed by atoms with Crippen LogP contribution in [0.15, 0.2) is 77.7 Å². The van der Waals surface area contributed by atoms with Gasteiger partial charge in [0.1, 0.15) is 12.6 Å². The van der Waals surface area contributed by atoms with Gasteiger partial charge in [-0.05, 0) is 56.2 Å². The molecule has 0 saturated carbocycles. The van der Waals surface area contributed by atoms with Crippen LogP contribution in [0.25, 0.3) is 0 Å². The summed E-state index contributed by atoms with van der Waals surface area (Å²) in [5, 5.41) is 3.21. The van der Waals surface area contributed by atoms with Crippen molar-refractivity contribution in [2.24, 2.45) is 0 Å². The third-order valence-corrected chi connectivity index (χ3v) is 8.29. The van der Waals surface area contributed by atoms with Gasteiger partial charge in [-0.3, -0.25) is 13.9 Å². The van der Waals surface area contributed by atoms with Crippen LogP contribution in [0.2, 0.25) is 10.0 Å². The first-order chi connectivity index (χ1) is 18.0. The minimum absolute atomic E-state index is 0.00219. The van der Waals surface area contributed by atoms with E-state index >= 15 is 0 Å². The number of hydrogen-bond acceptors (Lipinski definition) is 4. The average molecular weight is 577 g/mol. The molecule has 0 aliphatic carbocycles. The number of carbonyl (C=O) groups excluding carboxylic acids is 2. The number of rotatable bonds is 11. The van der Waals surface area contributed by atoms with Gasteiger partial charge in [-0.15, -0.1) is 0 Å². The van der Waals surface area contributed by atoms with Crippen LogP contribution < -0.4 is 9.62 Å². The molecular formula is C28H31Cl2N3O4S. The van der Waals surface area contributed by atoms with Crippen LogP contribution >= 0.6 is 23.2 Å². The molecule has 2 amide bonds. The molecule has 0 radical (unpaired) electrons. The zero-order chi connectivity index (χ0) is 27.9. The van der Waals surface area contributed by atoms with E-state index < -0.39 is 28.5 Å². The number of hydrogen-bond donors (Lipinski definition) is 1. The summed E-state index contributed by atoms with van der Waals surface area (Å²) in [4.78, 5) is 28.1. The Morgan fingerprint density at radius 1 is 0.974 bits per heavy atom. The number of amides is 2. The molecule has 0 aliphatic rings. The van der Waals surface area contributed by atoms with Gasteiger partial charge in [-0.2, -0.15) is 0 Å². The van der Waals surface area contributed by atoms with E-state index in [0.29, 0.717) is 11.6 Å². The van der Waals surface area contributed by atoms with E-state index in [9.17, 15) is 18.0 Å². The van der Waals surface area contributed by atoms with Gasteiger partial charge in [-0.25, -0.2) is 8.42 Å². The van der Waals surface area contributed by atoms with E-state index in [1.165, 1.54) is 35.2 Å². The van der Waals surface area contributed by atoms with Crippen LogP contribution in [0.5, 0.6) is 0 Å². The first-order valence-corrected chi connectivity index (χ1v) is 14.4. The molecule has 38 heavy (non-hydrogen) atoms. The van der Waals surface area contributed by atoms with Crippen LogP contribution in [0.1, 0.15) is 31.4 Å². The van der Waals surface area contributed by atoms with E-state index in [1.807, 2.05) is 38.1 Å². The molecule has 3 aromatic carbocycles. The van der Waals surface area contributed by atoms with Crippen molar-refractivity contribution in [1.29, 1.82) is 0 Å². The van der Waals surface area contributed by atoms with Crippen LogP contribution in [-0.4, -0.2) is 44.3 Å². The highest BCUT2D eigenvalue weighted by atomic mass is 35.5. The smallest absolute Gasteiger partial charge is 0.264 e. The van der Waals surface area contributed by atoms with Crippen LogP contribution in [0, 0.1) is 6.92 Å². The first kappa shape index (κ1) is 29.5. The molecule has 0 aliphatic heterocycles. The zero-order valence-corrected chi connectivity index (χ0v) is 23.9. The molecule has 3 rings (SSSR count). The Hall–Kier alpha value is -3.07. The maximum atomic E-state index is 13.8. The van der Waals surface area contributed by atoms with Gasteiger partial charge >= 0.3 is 0 Å². The van der Waals surface area contributed by atoms with Crippen molar-refractivity contribution in [2.45, 2.75) is 44.7 Å². The van der Waals surface area contributed by atoms with Crippen molar-refractivity contribution in [3.05, 3.63) is 94.0 Å². The SMILES string of the molecule is CCCNC(=O)[C@@H](C)N(Cc1ccc(C)cc1)C(=O)CN(c1ccc(Cl)cc1Cl)S(=O)(=O)c1ccccc1. The molecule has 0 spiro atoms. The third kappa shape index (κ3) is 7.28. The van der Waals surface area contributed by atoms with E-state index in [1.54, 1.807) is 25.1 Å². The molecule has 0 fully saturated rings. The Labute approximate surface area is 234 Å². The highest BCUT2D eigenvalue weighted by molar-refractivity contribution is 7.92. The average Bonchev–Trinajstić information content (AvgIpc) is 2.90. The van der Waals surface area contributed by atoms with E-state index in [4.69, 9.17) is 23.2 Å². The quantitative estimate of drug-likeness (QED) is 0.330. The zero-order valence-electron chi connectivity index (χ0n) is 21.5. The lowest BCUT2D eigenvalue weighted by molar-refractivity contribution is -0.139.